The Labute approximate surface area is 97.2 Å². The first-order valence-corrected chi connectivity index (χ1v) is 5.65. The van der Waals surface area contributed by atoms with Crippen LogP contribution in [0.3, 0.4) is 0 Å². The minimum atomic E-state index is -0.0326. The fourth-order valence-corrected chi connectivity index (χ4v) is 1.74. The number of rotatable bonds is 4. The van der Waals surface area contributed by atoms with Crippen LogP contribution in [0.2, 0.25) is 0 Å². The van der Waals surface area contributed by atoms with Crippen molar-refractivity contribution in [2.24, 2.45) is 0 Å². The van der Waals surface area contributed by atoms with Gasteiger partial charge in [0.15, 0.2) is 0 Å². The van der Waals surface area contributed by atoms with Gasteiger partial charge < -0.3 is 9.80 Å². The highest BCUT2D eigenvalue weighted by molar-refractivity contribution is 5.78. The monoisotopic (exact) mass is 224 g/mol. The molecule has 0 aromatic heterocycles. The van der Waals surface area contributed by atoms with E-state index in [0.29, 0.717) is 0 Å². The molecule has 1 saturated heterocycles. The Balaban J connectivity index is 2.23. The van der Waals surface area contributed by atoms with Gasteiger partial charge in [-0.3, -0.25) is 9.69 Å². The van der Waals surface area contributed by atoms with Gasteiger partial charge in [-0.15, -0.1) is 0 Å². The molecule has 0 aliphatic carbocycles. The van der Waals surface area contributed by atoms with Crippen molar-refractivity contribution in [1.82, 2.24) is 14.7 Å². The van der Waals surface area contributed by atoms with Crippen molar-refractivity contribution >= 4 is 5.91 Å². The summed E-state index contributed by atoms with van der Waals surface area (Å²) in [7, 11) is 4.12. The molecule has 1 aliphatic rings. The standard InChI is InChI=1S/C11H20N4O/c1-13(2)5-6-14-7-9-15(10-8-14)11(16)3-4-12/h3,5-10H2,1-2H3. The molecule has 0 saturated carbocycles. The molecule has 0 bridgehead atoms. The Bertz CT molecular complexity index is 264. The molecule has 0 radical (unpaired) electrons. The zero-order valence-corrected chi connectivity index (χ0v) is 10.1. The third-order valence-corrected chi connectivity index (χ3v) is 2.82. The van der Waals surface area contributed by atoms with E-state index in [9.17, 15) is 4.79 Å². The number of likely N-dealkylation sites (N-methyl/N-ethyl adjacent to an activating group) is 1. The first kappa shape index (κ1) is 12.9. The van der Waals surface area contributed by atoms with Crippen LogP contribution < -0.4 is 0 Å². The van der Waals surface area contributed by atoms with Crippen molar-refractivity contribution in [2.75, 3.05) is 53.4 Å². The van der Waals surface area contributed by atoms with Crippen LogP contribution in [0.4, 0.5) is 0 Å². The molecule has 0 unspecified atom stereocenters. The van der Waals surface area contributed by atoms with E-state index in [1.807, 2.05) is 6.07 Å². The van der Waals surface area contributed by atoms with E-state index in [0.717, 1.165) is 39.3 Å². The molecule has 1 rings (SSSR count). The molecule has 0 aromatic rings. The van der Waals surface area contributed by atoms with E-state index >= 15 is 0 Å². The van der Waals surface area contributed by atoms with Crippen LogP contribution in [0, 0.1) is 11.3 Å². The number of nitrogens with zero attached hydrogens (tertiary/aromatic N) is 4. The molecular weight excluding hydrogens is 204 g/mol. The average molecular weight is 224 g/mol. The normalized spacial score (nSPS) is 17.5. The number of hydrogen-bond acceptors (Lipinski definition) is 4. The summed E-state index contributed by atoms with van der Waals surface area (Å²) in [6.45, 7) is 5.46. The Morgan fingerprint density at radius 2 is 1.94 bits per heavy atom. The Kier molecular flexibility index (Phi) is 5.23. The lowest BCUT2D eigenvalue weighted by molar-refractivity contribution is -0.131. The van der Waals surface area contributed by atoms with Gasteiger partial charge in [0.25, 0.3) is 0 Å². The van der Waals surface area contributed by atoms with Crippen LogP contribution in [0.5, 0.6) is 0 Å². The highest BCUT2D eigenvalue weighted by atomic mass is 16.2. The number of hydrogen-bond donors (Lipinski definition) is 0. The number of nitriles is 1. The maximum Gasteiger partial charge on any atom is 0.236 e. The Morgan fingerprint density at radius 3 is 2.44 bits per heavy atom. The predicted octanol–water partition coefficient (Wildman–Crippen LogP) is -0.394. The maximum atomic E-state index is 11.4. The summed E-state index contributed by atoms with van der Waals surface area (Å²) < 4.78 is 0. The van der Waals surface area contributed by atoms with E-state index in [-0.39, 0.29) is 12.3 Å². The van der Waals surface area contributed by atoms with Gasteiger partial charge in [0.05, 0.1) is 6.07 Å². The molecule has 1 fully saturated rings. The topological polar surface area (TPSA) is 50.6 Å². The summed E-state index contributed by atoms with van der Waals surface area (Å²) in [6, 6.07) is 1.90. The summed E-state index contributed by atoms with van der Waals surface area (Å²) >= 11 is 0. The molecule has 0 N–H and O–H groups in total. The van der Waals surface area contributed by atoms with E-state index in [1.54, 1.807) is 4.90 Å². The third kappa shape index (κ3) is 4.17. The van der Waals surface area contributed by atoms with Gasteiger partial charge in [-0.1, -0.05) is 0 Å². The lowest BCUT2D eigenvalue weighted by Crippen LogP contribution is -2.49. The van der Waals surface area contributed by atoms with Crippen molar-refractivity contribution in [3.05, 3.63) is 0 Å². The largest absolute Gasteiger partial charge is 0.339 e. The third-order valence-electron chi connectivity index (χ3n) is 2.82. The summed E-state index contributed by atoms with van der Waals surface area (Å²) in [5, 5.41) is 8.45. The Morgan fingerprint density at radius 1 is 1.31 bits per heavy atom. The molecule has 16 heavy (non-hydrogen) atoms. The first-order valence-electron chi connectivity index (χ1n) is 5.65. The maximum absolute atomic E-state index is 11.4. The number of carbonyl (C=O) groups is 1. The van der Waals surface area contributed by atoms with Crippen molar-refractivity contribution in [2.45, 2.75) is 6.42 Å². The van der Waals surface area contributed by atoms with Crippen molar-refractivity contribution in [1.29, 1.82) is 5.26 Å². The van der Waals surface area contributed by atoms with E-state index in [4.69, 9.17) is 5.26 Å². The van der Waals surface area contributed by atoms with Gasteiger partial charge in [0, 0.05) is 39.3 Å². The number of carbonyl (C=O) groups excluding carboxylic acids is 1. The van der Waals surface area contributed by atoms with Crippen LogP contribution >= 0.6 is 0 Å². The summed E-state index contributed by atoms with van der Waals surface area (Å²) in [5.41, 5.74) is 0. The van der Waals surface area contributed by atoms with Crippen LogP contribution in [0.1, 0.15) is 6.42 Å². The fourth-order valence-electron chi connectivity index (χ4n) is 1.74. The molecule has 0 atom stereocenters. The second kappa shape index (κ2) is 6.46. The first-order chi connectivity index (χ1) is 7.63. The van der Waals surface area contributed by atoms with Crippen LogP contribution in [-0.2, 0) is 4.79 Å². The van der Waals surface area contributed by atoms with Gasteiger partial charge in [0.2, 0.25) is 5.91 Å². The zero-order valence-electron chi connectivity index (χ0n) is 10.1. The smallest absolute Gasteiger partial charge is 0.236 e. The van der Waals surface area contributed by atoms with Gasteiger partial charge in [-0.2, -0.15) is 5.26 Å². The van der Waals surface area contributed by atoms with E-state index in [1.165, 1.54) is 0 Å². The van der Waals surface area contributed by atoms with Crippen molar-refractivity contribution in [3.63, 3.8) is 0 Å². The number of piperazine rings is 1. The minimum Gasteiger partial charge on any atom is -0.339 e. The van der Waals surface area contributed by atoms with Crippen molar-refractivity contribution < 1.29 is 4.79 Å². The molecule has 1 aliphatic heterocycles. The van der Waals surface area contributed by atoms with Gasteiger partial charge in [0.1, 0.15) is 6.42 Å². The molecule has 1 heterocycles. The molecule has 5 nitrogen and oxygen atoms in total. The highest BCUT2D eigenvalue weighted by Gasteiger charge is 2.20. The molecule has 5 heteroatoms. The lowest BCUT2D eigenvalue weighted by atomic mass is 10.3. The van der Waals surface area contributed by atoms with Gasteiger partial charge in [-0.05, 0) is 14.1 Å². The highest BCUT2D eigenvalue weighted by Crippen LogP contribution is 2.03. The molecule has 1 amide bonds. The lowest BCUT2D eigenvalue weighted by Gasteiger charge is -2.34. The average Bonchev–Trinajstić information content (AvgIpc) is 2.27. The predicted molar refractivity (Wildman–Crippen MR) is 61.8 cm³/mol. The molecule has 0 spiro atoms. The van der Waals surface area contributed by atoms with Crippen LogP contribution in [0.15, 0.2) is 0 Å². The zero-order chi connectivity index (χ0) is 12.0. The van der Waals surface area contributed by atoms with Gasteiger partial charge in [-0.25, -0.2) is 0 Å². The van der Waals surface area contributed by atoms with E-state index < -0.39 is 0 Å². The Hall–Kier alpha value is -1.12. The van der Waals surface area contributed by atoms with Crippen LogP contribution in [0.25, 0.3) is 0 Å². The second-order valence-electron chi connectivity index (χ2n) is 4.36. The second-order valence-corrected chi connectivity index (χ2v) is 4.36. The summed E-state index contributed by atoms with van der Waals surface area (Å²) in [4.78, 5) is 17.8. The van der Waals surface area contributed by atoms with Gasteiger partial charge >= 0.3 is 0 Å². The van der Waals surface area contributed by atoms with Crippen LogP contribution in [-0.4, -0.2) is 74.0 Å². The SMILES string of the molecule is CN(C)CCN1CCN(C(=O)CC#N)CC1. The fraction of sp³-hybridized carbons (Fsp3) is 0.818. The number of amides is 1. The summed E-state index contributed by atoms with van der Waals surface area (Å²) in [6.07, 6.45) is 0.0116. The van der Waals surface area contributed by atoms with E-state index in [2.05, 4.69) is 23.9 Å². The summed E-state index contributed by atoms with van der Waals surface area (Å²) in [5.74, 6) is -0.0326. The molecular formula is C11H20N4O. The quantitative estimate of drug-likeness (QED) is 0.652. The minimum absolute atomic E-state index is 0.0116. The molecule has 90 valence electrons. The molecule has 0 aromatic carbocycles. The van der Waals surface area contributed by atoms with Crippen molar-refractivity contribution in [3.8, 4) is 6.07 Å².